The molecule has 5 heteroatoms. The fourth-order valence-corrected chi connectivity index (χ4v) is 1.63. The summed E-state index contributed by atoms with van der Waals surface area (Å²) in [6.45, 7) is 3.44. The lowest BCUT2D eigenvalue weighted by Crippen LogP contribution is -2.39. The number of oxazole rings is 1. The topological polar surface area (TPSA) is 81.2 Å². The van der Waals surface area contributed by atoms with Crippen LogP contribution in [0.1, 0.15) is 25.8 Å². The standard InChI is InChI=1S/C14H17N3O2/c1-9(15)13(18)17-10(2)14-16-8-12(19-14)11-6-4-3-5-7-11/h3-10H,15H2,1-2H3,(H,17,18)/t9-,10?/m1/s1. The first kappa shape index (κ1) is 13.3. The molecule has 1 aromatic carbocycles. The number of hydrogen-bond acceptors (Lipinski definition) is 4. The Labute approximate surface area is 111 Å². The third-order valence-electron chi connectivity index (χ3n) is 2.72. The molecule has 2 rings (SSSR count). The molecule has 0 aliphatic rings. The average molecular weight is 259 g/mol. The van der Waals surface area contributed by atoms with Gasteiger partial charge in [-0.25, -0.2) is 4.98 Å². The minimum Gasteiger partial charge on any atom is -0.438 e. The van der Waals surface area contributed by atoms with Crippen LogP contribution >= 0.6 is 0 Å². The molecule has 0 radical (unpaired) electrons. The molecule has 0 fully saturated rings. The highest BCUT2D eigenvalue weighted by Crippen LogP contribution is 2.22. The number of nitrogens with one attached hydrogen (secondary N) is 1. The highest BCUT2D eigenvalue weighted by molar-refractivity contribution is 5.81. The number of hydrogen-bond donors (Lipinski definition) is 2. The zero-order valence-electron chi connectivity index (χ0n) is 11.0. The highest BCUT2D eigenvalue weighted by atomic mass is 16.4. The van der Waals surface area contributed by atoms with Crippen LogP contribution in [0, 0.1) is 0 Å². The van der Waals surface area contributed by atoms with E-state index in [0.29, 0.717) is 11.7 Å². The monoisotopic (exact) mass is 259 g/mol. The normalized spacial score (nSPS) is 13.8. The second kappa shape index (κ2) is 5.67. The molecule has 0 spiro atoms. The lowest BCUT2D eigenvalue weighted by molar-refractivity contribution is -0.122. The molecular formula is C14H17N3O2. The zero-order chi connectivity index (χ0) is 13.8. The molecule has 100 valence electrons. The van der Waals surface area contributed by atoms with E-state index in [4.69, 9.17) is 10.2 Å². The van der Waals surface area contributed by atoms with Crippen LogP contribution in [-0.4, -0.2) is 16.9 Å². The van der Waals surface area contributed by atoms with E-state index >= 15 is 0 Å². The molecule has 0 aliphatic carbocycles. The molecule has 0 aliphatic heterocycles. The first-order chi connectivity index (χ1) is 9.08. The number of aromatic nitrogens is 1. The third-order valence-corrected chi connectivity index (χ3v) is 2.72. The van der Waals surface area contributed by atoms with Gasteiger partial charge in [-0.1, -0.05) is 30.3 Å². The second-order valence-electron chi connectivity index (χ2n) is 4.45. The van der Waals surface area contributed by atoms with Crippen LogP contribution in [0.5, 0.6) is 0 Å². The van der Waals surface area contributed by atoms with Gasteiger partial charge in [-0.15, -0.1) is 0 Å². The van der Waals surface area contributed by atoms with Gasteiger partial charge in [-0.05, 0) is 13.8 Å². The van der Waals surface area contributed by atoms with Gasteiger partial charge >= 0.3 is 0 Å². The molecule has 19 heavy (non-hydrogen) atoms. The molecule has 3 N–H and O–H groups in total. The van der Waals surface area contributed by atoms with Crippen LogP contribution in [-0.2, 0) is 4.79 Å². The summed E-state index contributed by atoms with van der Waals surface area (Å²) in [5.74, 6) is 0.914. The van der Waals surface area contributed by atoms with Crippen LogP contribution in [0.15, 0.2) is 40.9 Å². The van der Waals surface area contributed by atoms with Crippen molar-refractivity contribution in [3.63, 3.8) is 0 Å². The Morgan fingerprint density at radius 2 is 2.00 bits per heavy atom. The van der Waals surface area contributed by atoms with Crippen molar-refractivity contribution in [1.82, 2.24) is 10.3 Å². The second-order valence-corrected chi connectivity index (χ2v) is 4.45. The Kier molecular flexibility index (Phi) is 3.97. The summed E-state index contributed by atoms with van der Waals surface area (Å²) in [6.07, 6.45) is 1.65. The van der Waals surface area contributed by atoms with Gasteiger partial charge in [0, 0.05) is 5.56 Å². The number of nitrogens with zero attached hydrogens (tertiary/aromatic N) is 1. The SMILES string of the molecule is CC(NC(=O)[C@@H](C)N)c1ncc(-c2ccccc2)o1. The molecule has 1 heterocycles. The van der Waals surface area contributed by atoms with E-state index in [-0.39, 0.29) is 11.9 Å². The quantitative estimate of drug-likeness (QED) is 0.878. The van der Waals surface area contributed by atoms with Crippen LogP contribution in [0.4, 0.5) is 0 Å². The van der Waals surface area contributed by atoms with E-state index in [1.807, 2.05) is 30.3 Å². The molecule has 5 nitrogen and oxygen atoms in total. The summed E-state index contributed by atoms with van der Waals surface area (Å²) in [5, 5.41) is 2.74. The highest BCUT2D eigenvalue weighted by Gasteiger charge is 2.17. The number of carbonyl (C=O) groups is 1. The van der Waals surface area contributed by atoms with Crippen LogP contribution in [0.25, 0.3) is 11.3 Å². The van der Waals surface area contributed by atoms with Crippen LogP contribution in [0.3, 0.4) is 0 Å². The van der Waals surface area contributed by atoms with E-state index in [1.165, 1.54) is 0 Å². The lowest BCUT2D eigenvalue weighted by Gasteiger charge is -2.12. The van der Waals surface area contributed by atoms with Gasteiger partial charge in [0.25, 0.3) is 0 Å². The molecule has 0 saturated heterocycles. The van der Waals surface area contributed by atoms with E-state index in [1.54, 1.807) is 20.0 Å². The third kappa shape index (κ3) is 3.20. The molecule has 2 aromatic rings. The minimum absolute atomic E-state index is 0.230. The summed E-state index contributed by atoms with van der Waals surface area (Å²) in [5.41, 5.74) is 6.45. The maximum atomic E-state index is 11.5. The summed E-state index contributed by atoms with van der Waals surface area (Å²) in [4.78, 5) is 15.7. The predicted octanol–water partition coefficient (Wildman–Crippen LogP) is 1.87. The summed E-state index contributed by atoms with van der Waals surface area (Å²) in [7, 11) is 0. The van der Waals surface area contributed by atoms with E-state index in [9.17, 15) is 4.79 Å². The molecule has 2 atom stereocenters. The molecule has 1 amide bonds. The van der Waals surface area contributed by atoms with Crippen LogP contribution in [0.2, 0.25) is 0 Å². The van der Waals surface area contributed by atoms with Gasteiger partial charge in [-0.2, -0.15) is 0 Å². The first-order valence-electron chi connectivity index (χ1n) is 6.15. The minimum atomic E-state index is -0.550. The van der Waals surface area contributed by atoms with Crippen molar-refractivity contribution in [2.75, 3.05) is 0 Å². The van der Waals surface area contributed by atoms with Crippen molar-refractivity contribution in [1.29, 1.82) is 0 Å². The van der Waals surface area contributed by atoms with Crippen molar-refractivity contribution in [3.8, 4) is 11.3 Å². The maximum absolute atomic E-state index is 11.5. The fourth-order valence-electron chi connectivity index (χ4n) is 1.63. The lowest BCUT2D eigenvalue weighted by atomic mass is 10.2. The molecule has 1 aromatic heterocycles. The Balaban J connectivity index is 2.11. The summed E-state index contributed by atoms with van der Waals surface area (Å²) < 4.78 is 5.65. The Morgan fingerprint density at radius 3 is 2.63 bits per heavy atom. The van der Waals surface area contributed by atoms with Crippen molar-refractivity contribution < 1.29 is 9.21 Å². The van der Waals surface area contributed by atoms with Gasteiger partial charge in [0.05, 0.1) is 12.2 Å². The molecule has 0 saturated carbocycles. The number of carbonyl (C=O) groups excluding carboxylic acids is 1. The van der Waals surface area contributed by atoms with Gasteiger partial charge in [0.2, 0.25) is 11.8 Å². The molecule has 1 unspecified atom stereocenters. The van der Waals surface area contributed by atoms with Gasteiger partial charge in [0.1, 0.15) is 6.04 Å². The van der Waals surface area contributed by atoms with E-state index in [2.05, 4.69) is 10.3 Å². The Bertz CT molecular complexity index is 549. The maximum Gasteiger partial charge on any atom is 0.237 e. The summed E-state index contributed by atoms with van der Waals surface area (Å²) >= 11 is 0. The largest absolute Gasteiger partial charge is 0.438 e. The van der Waals surface area contributed by atoms with Crippen molar-refractivity contribution in [2.24, 2.45) is 5.73 Å². The first-order valence-corrected chi connectivity index (χ1v) is 6.15. The van der Waals surface area contributed by atoms with Crippen molar-refractivity contribution >= 4 is 5.91 Å². The van der Waals surface area contributed by atoms with Crippen LogP contribution < -0.4 is 11.1 Å². The number of amides is 1. The molecular weight excluding hydrogens is 242 g/mol. The Hall–Kier alpha value is -2.14. The van der Waals surface area contributed by atoms with E-state index < -0.39 is 6.04 Å². The van der Waals surface area contributed by atoms with Gasteiger partial charge in [-0.3, -0.25) is 4.79 Å². The average Bonchev–Trinajstić information content (AvgIpc) is 2.89. The smallest absolute Gasteiger partial charge is 0.237 e. The zero-order valence-corrected chi connectivity index (χ0v) is 11.0. The predicted molar refractivity (Wildman–Crippen MR) is 72.1 cm³/mol. The van der Waals surface area contributed by atoms with Gasteiger partial charge < -0.3 is 15.5 Å². The van der Waals surface area contributed by atoms with Crippen molar-refractivity contribution in [2.45, 2.75) is 25.9 Å². The van der Waals surface area contributed by atoms with E-state index in [0.717, 1.165) is 5.56 Å². The number of rotatable bonds is 4. The Morgan fingerprint density at radius 1 is 1.32 bits per heavy atom. The fraction of sp³-hybridized carbons (Fsp3) is 0.286. The molecule has 0 bridgehead atoms. The number of benzene rings is 1. The summed E-state index contributed by atoms with van der Waals surface area (Å²) in [6, 6.07) is 8.82. The van der Waals surface area contributed by atoms with Crippen molar-refractivity contribution in [3.05, 3.63) is 42.4 Å². The van der Waals surface area contributed by atoms with Gasteiger partial charge in [0.15, 0.2) is 5.76 Å². The number of nitrogens with two attached hydrogens (primary N) is 1.